The Morgan fingerprint density at radius 2 is 2.25 bits per heavy atom. The Kier molecular flexibility index (Phi) is 4.23. The van der Waals surface area contributed by atoms with Crippen LogP contribution in [0.25, 0.3) is 0 Å². The predicted molar refractivity (Wildman–Crippen MR) is 83.9 cm³/mol. The maximum atomic E-state index is 12.3. The minimum atomic E-state index is -3.37. The molecule has 1 fully saturated rings. The number of thioether (sulfide) groups is 1. The van der Waals surface area contributed by atoms with Crippen molar-refractivity contribution in [1.29, 1.82) is 0 Å². The van der Waals surface area contributed by atoms with Crippen molar-refractivity contribution in [3.63, 3.8) is 0 Å². The highest BCUT2D eigenvalue weighted by Crippen LogP contribution is 2.26. The van der Waals surface area contributed by atoms with Crippen LogP contribution in [0.3, 0.4) is 0 Å². The highest BCUT2D eigenvalue weighted by atomic mass is 32.2. The van der Waals surface area contributed by atoms with Gasteiger partial charge in [0.05, 0.1) is 4.90 Å². The topological polar surface area (TPSA) is 58.2 Å². The molecule has 2 aliphatic rings. The zero-order valence-corrected chi connectivity index (χ0v) is 13.0. The van der Waals surface area contributed by atoms with Crippen molar-refractivity contribution in [2.45, 2.75) is 35.8 Å². The number of rotatable bonds is 4. The fraction of sp³-hybridized carbons (Fsp3) is 0.571. The summed E-state index contributed by atoms with van der Waals surface area (Å²) < 4.78 is 27.4. The van der Waals surface area contributed by atoms with E-state index in [1.807, 2.05) is 17.8 Å². The zero-order valence-electron chi connectivity index (χ0n) is 11.4. The molecule has 1 aromatic carbocycles. The molecule has 2 aliphatic heterocycles. The first-order chi connectivity index (χ1) is 9.65. The van der Waals surface area contributed by atoms with Crippen LogP contribution in [0.5, 0.6) is 0 Å². The van der Waals surface area contributed by atoms with E-state index in [0.29, 0.717) is 16.7 Å². The van der Waals surface area contributed by atoms with E-state index in [0.717, 1.165) is 36.4 Å². The van der Waals surface area contributed by atoms with Gasteiger partial charge in [0.2, 0.25) is 10.0 Å². The third-order valence-electron chi connectivity index (χ3n) is 3.87. The molecule has 1 unspecified atom stereocenters. The Balaban J connectivity index is 1.68. The summed E-state index contributed by atoms with van der Waals surface area (Å²) in [5.41, 5.74) is 2.16. The van der Waals surface area contributed by atoms with E-state index in [-0.39, 0.29) is 0 Å². The van der Waals surface area contributed by atoms with Gasteiger partial charge in [-0.2, -0.15) is 11.8 Å². The van der Waals surface area contributed by atoms with Gasteiger partial charge in [0.1, 0.15) is 0 Å². The van der Waals surface area contributed by atoms with E-state index in [4.69, 9.17) is 0 Å². The summed E-state index contributed by atoms with van der Waals surface area (Å²) in [5, 5.41) is 3.67. The highest BCUT2D eigenvalue weighted by Gasteiger charge is 2.21. The molecule has 20 heavy (non-hydrogen) atoms. The summed E-state index contributed by atoms with van der Waals surface area (Å²) in [6.45, 7) is 1.44. The van der Waals surface area contributed by atoms with Crippen LogP contribution in [0.15, 0.2) is 23.1 Å². The van der Waals surface area contributed by atoms with Gasteiger partial charge in [-0.25, -0.2) is 13.1 Å². The normalized spacial score (nSPS) is 22.3. The van der Waals surface area contributed by atoms with Gasteiger partial charge in [-0.3, -0.25) is 0 Å². The van der Waals surface area contributed by atoms with Crippen molar-refractivity contribution in [2.75, 3.05) is 24.2 Å². The number of nitrogens with one attached hydrogen (secondary N) is 2. The molecule has 3 rings (SSSR count). The van der Waals surface area contributed by atoms with E-state index >= 15 is 0 Å². The Morgan fingerprint density at radius 3 is 3.05 bits per heavy atom. The van der Waals surface area contributed by atoms with Crippen LogP contribution >= 0.6 is 11.8 Å². The third-order valence-corrected chi connectivity index (χ3v) is 6.69. The van der Waals surface area contributed by atoms with Crippen LogP contribution in [-0.4, -0.2) is 32.5 Å². The number of sulfonamides is 1. The average Bonchev–Trinajstić information content (AvgIpc) is 2.94. The molecule has 4 nitrogen and oxygen atoms in total. The smallest absolute Gasteiger partial charge is 0.240 e. The molecular formula is C14H20N2O2S2. The number of hydrogen-bond acceptors (Lipinski definition) is 4. The molecule has 110 valence electrons. The molecule has 1 saturated heterocycles. The van der Waals surface area contributed by atoms with Crippen LogP contribution in [0.1, 0.15) is 24.8 Å². The van der Waals surface area contributed by atoms with Gasteiger partial charge in [-0.15, -0.1) is 0 Å². The molecule has 6 heteroatoms. The van der Waals surface area contributed by atoms with Gasteiger partial charge >= 0.3 is 0 Å². The fourth-order valence-electron chi connectivity index (χ4n) is 2.70. The Hall–Kier alpha value is -0.720. The van der Waals surface area contributed by atoms with Crippen molar-refractivity contribution >= 4 is 27.5 Å². The summed E-state index contributed by atoms with van der Waals surface area (Å²) in [5.74, 6) is 1.15. The minimum Gasteiger partial charge on any atom is -0.384 e. The van der Waals surface area contributed by atoms with Gasteiger partial charge < -0.3 is 5.32 Å². The molecule has 0 aromatic heterocycles. The summed E-state index contributed by atoms with van der Waals surface area (Å²) in [7, 11) is -3.37. The highest BCUT2D eigenvalue weighted by molar-refractivity contribution is 8.00. The standard InChI is InChI=1S/C14H20N2O2S2/c17-20(18,16-10-12-3-1-2-8-19-12)13-4-5-14-11(9-13)6-7-15-14/h4-5,9,12,15-16H,1-3,6-8,10H2. The van der Waals surface area contributed by atoms with Gasteiger partial charge in [-0.05, 0) is 48.8 Å². The van der Waals surface area contributed by atoms with Crippen molar-refractivity contribution in [3.8, 4) is 0 Å². The molecular weight excluding hydrogens is 292 g/mol. The van der Waals surface area contributed by atoms with E-state index in [1.54, 1.807) is 12.1 Å². The van der Waals surface area contributed by atoms with E-state index in [1.165, 1.54) is 12.8 Å². The second-order valence-corrected chi connectivity index (χ2v) is 8.51. The van der Waals surface area contributed by atoms with Gasteiger partial charge in [0, 0.05) is 24.0 Å². The summed E-state index contributed by atoms with van der Waals surface area (Å²) in [6.07, 6.45) is 4.48. The fourth-order valence-corrected chi connectivity index (χ4v) is 5.18. The Bertz CT molecular complexity index is 581. The van der Waals surface area contributed by atoms with Gasteiger partial charge in [0.25, 0.3) is 0 Å². The molecule has 0 spiro atoms. The average molecular weight is 312 g/mol. The number of fused-ring (bicyclic) bond motifs is 1. The molecule has 0 radical (unpaired) electrons. The van der Waals surface area contributed by atoms with Crippen LogP contribution in [0.2, 0.25) is 0 Å². The van der Waals surface area contributed by atoms with Crippen LogP contribution < -0.4 is 10.0 Å². The summed E-state index contributed by atoms with van der Waals surface area (Å²) in [4.78, 5) is 0.390. The monoisotopic (exact) mass is 312 g/mol. The first kappa shape index (κ1) is 14.2. The number of benzene rings is 1. The lowest BCUT2D eigenvalue weighted by Gasteiger charge is -2.21. The molecule has 2 heterocycles. The molecule has 0 aliphatic carbocycles. The predicted octanol–water partition coefficient (Wildman–Crippen LogP) is 2.22. The third kappa shape index (κ3) is 3.13. The second-order valence-electron chi connectivity index (χ2n) is 5.34. The lowest BCUT2D eigenvalue weighted by molar-refractivity contribution is 0.573. The second kappa shape index (κ2) is 5.95. The van der Waals surface area contributed by atoms with Crippen molar-refractivity contribution in [2.24, 2.45) is 0 Å². The van der Waals surface area contributed by atoms with Gasteiger partial charge in [0.15, 0.2) is 0 Å². The Labute approximate surface area is 124 Å². The maximum Gasteiger partial charge on any atom is 0.240 e. The van der Waals surface area contributed by atoms with E-state index in [2.05, 4.69) is 10.0 Å². The molecule has 0 saturated carbocycles. The number of anilines is 1. The van der Waals surface area contributed by atoms with Crippen molar-refractivity contribution in [3.05, 3.63) is 23.8 Å². The lowest BCUT2D eigenvalue weighted by Crippen LogP contribution is -2.32. The summed E-state index contributed by atoms with van der Waals surface area (Å²) in [6, 6.07) is 5.35. The first-order valence-corrected chi connectivity index (χ1v) is 9.66. The Morgan fingerprint density at radius 1 is 1.35 bits per heavy atom. The maximum absolute atomic E-state index is 12.3. The van der Waals surface area contributed by atoms with Crippen LogP contribution in [0.4, 0.5) is 5.69 Å². The van der Waals surface area contributed by atoms with Crippen molar-refractivity contribution < 1.29 is 8.42 Å². The van der Waals surface area contributed by atoms with E-state index in [9.17, 15) is 8.42 Å². The number of hydrogen-bond donors (Lipinski definition) is 2. The van der Waals surface area contributed by atoms with Crippen LogP contribution in [0, 0.1) is 0 Å². The lowest BCUT2D eigenvalue weighted by atomic mass is 10.2. The largest absolute Gasteiger partial charge is 0.384 e. The minimum absolute atomic E-state index is 0.390. The summed E-state index contributed by atoms with van der Waals surface area (Å²) >= 11 is 1.88. The quantitative estimate of drug-likeness (QED) is 0.895. The van der Waals surface area contributed by atoms with Gasteiger partial charge in [-0.1, -0.05) is 6.42 Å². The molecule has 1 atom stereocenters. The van der Waals surface area contributed by atoms with Crippen LogP contribution in [-0.2, 0) is 16.4 Å². The van der Waals surface area contributed by atoms with Crippen molar-refractivity contribution in [1.82, 2.24) is 4.72 Å². The molecule has 0 amide bonds. The molecule has 0 bridgehead atoms. The SMILES string of the molecule is O=S(=O)(NCC1CCCCS1)c1ccc2c(c1)CCN2. The van der Waals surface area contributed by atoms with E-state index < -0.39 is 10.0 Å². The molecule has 1 aromatic rings. The zero-order chi connectivity index (χ0) is 14.0. The first-order valence-electron chi connectivity index (χ1n) is 7.13. The molecule has 2 N–H and O–H groups in total.